The van der Waals surface area contributed by atoms with E-state index in [0.29, 0.717) is 13.0 Å². The Labute approximate surface area is 120 Å². The molecule has 0 amide bonds. The fourth-order valence-corrected chi connectivity index (χ4v) is 2.40. The fourth-order valence-electron chi connectivity index (χ4n) is 2.40. The molecule has 0 bridgehead atoms. The van der Waals surface area contributed by atoms with E-state index in [2.05, 4.69) is 0 Å². The number of halogens is 3. The van der Waals surface area contributed by atoms with Gasteiger partial charge in [0.2, 0.25) is 0 Å². The molecule has 1 aromatic rings. The summed E-state index contributed by atoms with van der Waals surface area (Å²) in [5.74, 6) is -1.96. The summed E-state index contributed by atoms with van der Waals surface area (Å²) in [6.07, 6.45) is -3.17. The van der Waals surface area contributed by atoms with Crippen molar-refractivity contribution in [3.8, 4) is 6.07 Å². The first-order chi connectivity index (χ1) is 9.93. The van der Waals surface area contributed by atoms with Crippen molar-refractivity contribution in [2.75, 3.05) is 13.2 Å². The maximum atomic E-state index is 12.7. The van der Waals surface area contributed by atoms with Crippen molar-refractivity contribution in [2.45, 2.75) is 24.9 Å². The second-order valence-corrected chi connectivity index (χ2v) is 5.00. The third-order valence-electron chi connectivity index (χ3n) is 3.52. The van der Waals surface area contributed by atoms with Crippen molar-refractivity contribution < 1.29 is 22.7 Å². The van der Waals surface area contributed by atoms with E-state index in [-0.39, 0.29) is 18.0 Å². The summed E-state index contributed by atoms with van der Waals surface area (Å²) in [4.78, 5) is 12.3. The van der Waals surface area contributed by atoms with Crippen molar-refractivity contribution in [1.29, 1.82) is 5.26 Å². The molecule has 1 aromatic carbocycles. The molecular formula is C15H14F3NO2. The Bertz CT molecular complexity index is 557. The lowest BCUT2D eigenvalue weighted by molar-refractivity contribution is -0.137. The molecule has 1 fully saturated rings. The topological polar surface area (TPSA) is 50.1 Å². The quantitative estimate of drug-likeness (QED) is 0.860. The molecule has 112 valence electrons. The number of alkyl halides is 3. The second-order valence-electron chi connectivity index (χ2n) is 5.00. The largest absolute Gasteiger partial charge is 0.416 e. The van der Waals surface area contributed by atoms with E-state index in [4.69, 9.17) is 4.74 Å². The van der Waals surface area contributed by atoms with E-state index >= 15 is 0 Å². The third-order valence-corrected chi connectivity index (χ3v) is 3.52. The molecule has 1 aliphatic rings. The first-order valence-corrected chi connectivity index (χ1v) is 6.61. The molecule has 3 nitrogen and oxygen atoms in total. The molecule has 0 saturated carbocycles. The van der Waals surface area contributed by atoms with Crippen molar-refractivity contribution >= 4 is 5.78 Å². The predicted molar refractivity (Wildman–Crippen MR) is 68.3 cm³/mol. The molecule has 2 rings (SSSR count). The minimum absolute atomic E-state index is 0.0860. The highest BCUT2D eigenvalue weighted by Crippen LogP contribution is 2.32. The number of Topliss-reactive ketones (excluding diaryl/α,β-unsaturated/α-hetero) is 1. The summed E-state index contributed by atoms with van der Waals surface area (Å²) in [6.45, 7) is 0.806. The first-order valence-electron chi connectivity index (χ1n) is 6.61. The highest BCUT2D eigenvalue weighted by atomic mass is 19.4. The van der Waals surface area contributed by atoms with E-state index in [9.17, 15) is 23.2 Å². The van der Waals surface area contributed by atoms with Gasteiger partial charge in [0.1, 0.15) is 5.92 Å². The van der Waals surface area contributed by atoms with Gasteiger partial charge in [-0.15, -0.1) is 0 Å². The van der Waals surface area contributed by atoms with Crippen LogP contribution in [0, 0.1) is 17.2 Å². The average Bonchev–Trinajstić information content (AvgIpc) is 2.48. The molecule has 0 radical (unpaired) electrons. The highest BCUT2D eigenvalue weighted by Gasteiger charge is 2.33. The van der Waals surface area contributed by atoms with Crippen molar-refractivity contribution in [1.82, 2.24) is 0 Å². The number of ether oxygens (including phenoxy) is 1. The Hall–Kier alpha value is -1.87. The number of carbonyl (C=O) groups is 1. The van der Waals surface area contributed by atoms with Gasteiger partial charge in [-0.2, -0.15) is 18.4 Å². The van der Waals surface area contributed by atoms with Crippen LogP contribution in [0.1, 0.15) is 29.9 Å². The minimum atomic E-state index is -4.49. The third kappa shape index (κ3) is 3.61. The monoisotopic (exact) mass is 297 g/mol. The number of carbonyl (C=O) groups excluding carboxylic acids is 1. The Kier molecular flexibility index (Phi) is 4.63. The molecule has 0 N–H and O–H groups in total. The zero-order valence-corrected chi connectivity index (χ0v) is 11.2. The van der Waals surface area contributed by atoms with Gasteiger partial charge >= 0.3 is 6.18 Å². The van der Waals surface area contributed by atoms with Gasteiger partial charge in [0.15, 0.2) is 5.78 Å². The van der Waals surface area contributed by atoms with Gasteiger partial charge in [-0.1, -0.05) is 18.2 Å². The molecule has 0 aliphatic carbocycles. The van der Waals surface area contributed by atoms with Gasteiger partial charge in [-0.25, -0.2) is 0 Å². The van der Waals surface area contributed by atoms with Crippen LogP contribution in [-0.4, -0.2) is 19.0 Å². The summed E-state index contributed by atoms with van der Waals surface area (Å²) in [6, 6.07) is 6.21. The summed E-state index contributed by atoms with van der Waals surface area (Å²) < 4.78 is 43.3. The minimum Gasteiger partial charge on any atom is -0.381 e. The average molecular weight is 297 g/mol. The Balaban J connectivity index is 2.25. The molecule has 0 aromatic heterocycles. The smallest absolute Gasteiger partial charge is 0.381 e. The molecule has 6 heteroatoms. The Morgan fingerprint density at radius 2 is 2.19 bits per heavy atom. The number of benzene rings is 1. The lowest BCUT2D eigenvalue weighted by atomic mass is 9.85. The Morgan fingerprint density at radius 3 is 2.76 bits per heavy atom. The van der Waals surface area contributed by atoms with Crippen LogP contribution in [0.4, 0.5) is 13.2 Å². The Morgan fingerprint density at radius 1 is 1.43 bits per heavy atom. The molecule has 1 heterocycles. The SMILES string of the molecule is N#CC(C(=O)C1CCCOC1)c1cccc(C(F)(F)F)c1. The standard InChI is InChI=1S/C15H14F3NO2/c16-15(17,18)12-5-1-3-10(7-12)13(8-19)14(20)11-4-2-6-21-9-11/h1,3,5,7,11,13H,2,4,6,9H2. The highest BCUT2D eigenvalue weighted by molar-refractivity contribution is 5.90. The van der Waals surface area contributed by atoms with Crippen LogP contribution < -0.4 is 0 Å². The lowest BCUT2D eigenvalue weighted by Gasteiger charge is -2.23. The fraction of sp³-hybridized carbons (Fsp3) is 0.467. The van der Waals surface area contributed by atoms with Gasteiger partial charge in [0.25, 0.3) is 0 Å². The number of nitrogens with zero attached hydrogens (tertiary/aromatic N) is 1. The van der Waals surface area contributed by atoms with Crippen LogP contribution in [0.25, 0.3) is 0 Å². The molecular weight excluding hydrogens is 283 g/mol. The summed E-state index contributed by atoms with van der Waals surface area (Å²) >= 11 is 0. The van der Waals surface area contributed by atoms with E-state index in [1.54, 1.807) is 0 Å². The normalized spacial score (nSPS) is 20.6. The maximum absolute atomic E-state index is 12.7. The number of ketones is 1. The maximum Gasteiger partial charge on any atom is 0.416 e. The summed E-state index contributed by atoms with van der Waals surface area (Å²) in [7, 11) is 0. The molecule has 1 saturated heterocycles. The molecule has 2 atom stereocenters. The van der Waals surface area contributed by atoms with Gasteiger partial charge in [-0.05, 0) is 24.5 Å². The van der Waals surface area contributed by atoms with Crippen molar-refractivity contribution in [2.24, 2.45) is 5.92 Å². The van der Waals surface area contributed by atoms with Crippen LogP contribution in [0.15, 0.2) is 24.3 Å². The number of hydrogen-bond donors (Lipinski definition) is 0. The first kappa shape index (κ1) is 15.5. The van der Waals surface area contributed by atoms with Crippen LogP contribution in [0.3, 0.4) is 0 Å². The van der Waals surface area contributed by atoms with Crippen LogP contribution in [0.5, 0.6) is 0 Å². The lowest BCUT2D eigenvalue weighted by Crippen LogP contribution is -2.29. The van der Waals surface area contributed by atoms with Crippen LogP contribution >= 0.6 is 0 Å². The summed E-state index contributed by atoms with van der Waals surface area (Å²) in [5.41, 5.74) is -0.768. The van der Waals surface area contributed by atoms with E-state index in [0.717, 1.165) is 18.6 Å². The second kappa shape index (κ2) is 6.27. The van der Waals surface area contributed by atoms with Gasteiger partial charge < -0.3 is 4.74 Å². The van der Waals surface area contributed by atoms with Crippen molar-refractivity contribution in [3.63, 3.8) is 0 Å². The molecule has 2 unspecified atom stereocenters. The number of hydrogen-bond acceptors (Lipinski definition) is 3. The van der Waals surface area contributed by atoms with E-state index < -0.39 is 23.6 Å². The number of nitriles is 1. The van der Waals surface area contributed by atoms with Crippen LogP contribution in [0.2, 0.25) is 0 Å². The van der Waals surface area contributed by atoms with Crippen LogP contribution in [-0.2, 0) is 15.7 Å². The number of rotatable bonds is 3. The summed E-state index contributed by atoms with van der Waals surface area (Å²) in [5, 5.41) is 9.18. The molecule has 1 aliphatic heterocycles. The molecule has 21 heavy (non-hydrogen) atoms. The van der Waals surface area contributed by atoms with Gasteiger partial charge in [0, 0.05) is 12.5 Å². The van der Waals surface area contributed by atoms with Gasteiger partial charge in [0.05, 0.1) is 18.2 Å². The predicted octanol–water partition coefficient (Wildman–Crippen LogP) is 3.31. The zero-order valence-electron chi connectivity index (χ0n) is 11.2. The molecule has 0 spiro atoms. The van der Waals surface area contributed by atoms with Gasteiger partial charge in [-0.3, -0.25) is 4.79 Å². The zero-order chi connectivity index (χ0) is 15.5. The van der Waals surface area contributed by atoms with E-state index in [1.807, 2.05) is 6.07 Å². The van der Waals surface area contributed by atoms with Crippen molar-refractivity contribution in [3.05, 3.63) is 35.4 Å². The van der Waals surface area contributed by atoms with E-state index in [1.165, 1.54) is 12.1 Å².